The minimum Gasteiger partial charge on any atom is -0.379 e. The summed E-state index contributed by atoms with van der Waals surface area (Å²) >= 11 is 0. The Bertz CT molecular complexity index is 1150. The van der Waals surface area contributed by atoms with Gasteiger partial charge in [-0.05, 0) is 47.5 Å². The highest BCUT2D eigenvalue weighted by atomic mass is 32.2. The van der Waals surface area contributed by atoms with Gasteiger partial charge in [0, 0.05) is 18.7 Å². The number of carbonyl (C=O) groups is 1. The second-order valence-electron chi connectivity index (χ2n) is 7.30. The Hall–Kier alpha value is -2.74. The van der Waals surface area contributed by atoms with Gasteiger partial charge in [-0.2, -0.15) is 4.31 Å². The fraction of sp³-hybridized carbons (Fsp3) is 0.261. The normalized spacial score (nSPS) is 16.3. The number of nitrogens with one attached hydrogen (secondary N) is 1. The number of sulfonamides is 1. The molecule has 0 aromatic heterocycles. The van der Waals surface area contributed by atoms with Gasteiger partial charge in [0.2, 0.25) is 10.0 Å². The van der Waals surface area contributed by atoms with Gasteiger partial charge in [-0.3, -0.25) is 4.79 Å². The highest BCUT2D eigenvalue weighted by molar-refractivity contribution is 7.89. The number of benzene rings is 3. The fourth-order valence-corrected chi connectivity index (χ4v) is 5.11. The Balaban J connectivity index is 1.50. The molecule has 1 aliphatic rings. The quantitative estimate of drug-likeness (QED) is 0.682. The lowest BCUT2D eigenvalue weighted by atomic mass is 9.99. The molecule has 1 fully saturated rings. The van der Waals surface area contributed by atoms with Crippen molar-refractivity contribution in [2.24, 2.45) is 0 Å². The number of hydrogen-bond acceptors (Lipinski definition) is 4. The summed E-state index contributed by atoms with van der Waals surface area (Å²) in [5.41, 5.74) is 1.45. The molecule has 0 aliphatic carbocycles. The van der Waals surface area contributed by atoms with Crippen LogP contribution in [0.1, 0.15) is 28.9 Å². The minimum atomic E-state index is -3.57. The Kier molecular flexibility index (Phi) is 5.85. The Labute approximate surface area is 176 Å². The molecule has 1 heterocycles. The van der Waals surface area contributed by atoms with Gasteiger partial charge >= 0.3 is 0 Å². The van der Waals surface area contributed by atoms with Gasteiger partial charge in [-0.25, -0.2) is 8.42 Å². The maximum Gasteiger partial charge on any atom is 0.251 e. The molecular formula is C23H24N2O4S. The SMILES string of the molecule is CC(NC(=O)c1ccc(S(=O)(=O)N2CCOCC2)cc1)c1cccc2ccccc12. The van der Waals surface area contributed by atoms with Gasteiger partial charge in [0.1, 0.15) is 0 Å². The number of nitrogens with zero attached hydrogens (tertiary/aromatic N) is 1. The van der Waals surface area contributed by atoms with Crippen LogP contribution in [0.3, 0.4) is 0 Å². The zero-order valence-corrected chi connectivity index (χ0v) is 17.6. The second kappa shape index (κ2) is 8.55. The summed E-state index contributed by atoms with van der Waals surface area (Å²) < 4.78 is 32.1. The van der Waals surface area contributed by atoms with Crippen molar-refractivity contribution in [1.29, 1.82) is 0 Å². The third kappa shape index (κ3) is 4.09. The number of ether oxygens (including phenoxy) is 1. The summed E-state index contributed by atoms with van der Waals surface area (Å²) in [4.78, 5) is 12.9. The van der Waals surface area contributed by atoms with Crippen molar-refractivity contribution in [3.63, 3.8) is 0 Å². The van der Waals surface area contributed by atoms with Crippen LogP contribution in [0.2, 0.25) is 0 Å². The number of rotatable bonds is 5. The van der Waals surface area contributed by atoms with Crippen molar-refractivity contribution in [3.8, 4) is 0 Å². The summed E-state index contributed by atoms with van der Waals surface area (Å²) in [7, 11) is -3.57. The van der Waals surface area contributed by atoms with Gasteiger partial charge in [0.05, 0.1) is 24.2 Å². The molecule has 6 nitrogen and oxygen atoms in total. The molecular weight excluding hydrogens is 400 g/mol. The topological polar surface area (TPSA) is 75.7 Å². The van der Waals surface area contributed by atoms with E-state index in [1.165, 1.54) is 16.4 Å². The van der Waals surface area contributed by atoms with E-state index >= 15 is 0 Å². The molecule has 156 valence electrons. The van der Waals surface area contributed by atoms with Crippen molar-refractivity contribution < 1.29 is 17.9 Å². The molecule has 1 unspecified atom stereocenters. The average Bonchev–Trinajstić information content (AvgIpc) is 2.79. The van der Waals surface area contributed by atoms with E-state index in [0.717, 1.165) is 16.3 Å². The molecule has 0 radical (unpaired) electrons. The third-order valence-electron chi connectivity index (χ3n) is 5.36. The van der Waals surface area contributed by atoms with Crippen LogP contribution in [-0.4, -0.2) is 44.9 Å². The molecule has 7 heteroatoms. The zero-order valence-electron chi connectivity index (χ0n) is 16.7. The number of morpholine rings is 1. The van der Waals surface area contributed by atoms with E-state index in [1.807, 2.05) is 49.4 Å². The maximum atomic E-state index is 12.7. The average molecular weight is 425 g/mol. The lowest BCUT2D eigenvalue weighted by Crippen LogP contribution is -2.40. The van der Waals surface area contributed by atoms with Crippen LogP contribution in [0.25, 0.3) is 10.8 Å². The van der Waals surface area contributed by atoms with Crippen LogP contribution in [0.5, 0.6) is 0 Å². The molecule has 30 heavy (non-hydrogen) atoms. The van der Waals surface area contributed by atoms with E-state index in [1.54, 1.807) is 12.1 Å². The smallest absolute Gasteiger partial charge is 0.251 e. The van der Waals surface area contributed by atoms with Crippen molar-refractivity contribution in [3.05, 3.63) is 77.9 Å². The summed E-state index contributed by atoms with van der Waals surface area (Å²) in [6, 6.07) is 20.0. The highest BCUT2D eigenvalue weighted by Crippen LogP contribution is 2.24. The Morgan fingerprint density at radius 2 is 1.63 bits per heavy atom. The standard InChI is InChI=1S/C23H24N2O4S/c1-17(21-8-4-6-18-5-2-3-7-22(18)21)24-23(26)19-9-11-20(12-10-19)30(27,28)25-13-15-29-16-14-25/h2-12,17H,13-16H2,1H3,(H,24,26). The number of amides is 1. The van der Waals surface area contributed by atoms with Crippen molar-refractivity contribution in [2.75, 3.05) is 26.3 Å². The molecule has 1 atom stereocenters. The molecule has 4 rings (SSSR count). The minimum absolute atomic E-state index is 0.183. The summed E-state index contributed by atoms with van der Waals surface area (Å²) in [6.07, 6.45) is 0. The van der Waals surface area contributed by atoms with Crippen LogP contribution in [0, 0.1) is 0 Å². The van der Waals surface area contributed by atoms with Crippen molar-refractivity contribution in [1.82, 2.24) is 9.62 Å². The van der Waals surface area contributed by atoms with Crippen LogP contribution in [0.4, 0.5) is 0 Å². The van der Waals surface area contributed by atoms with Crippen LogP contribution in [-0.2, 0) is 14.8 Å². The van der Waals surface area contributed by atoms with E-state index in [2.05, 4.69) is 5.32 Å². The van der Waals surface area contributed by atoms with Gasteiger partial charge in [-0.1, -0.05) is 42.5 Å². The molecule has 3 aromatic rings. The predicted molar refractivity (Wildman–Crippen MR) is 116 cm³/mol. The van der Waals surface area contributed by atoms with E-state index in [4.69, 9.17) is 4.74 Å². The Morgan fingerprint density at radius 3 is 2.37 bits per heavy atom. The first-order chi connectivity index (χ1) is 14.5. The summed E-state index contributed by atoms with van der Waals surface area (Å²) in [5, 5.41) is 5.23. The second-order valence-corrected chi connectivity index (χ2v) is 9.24. The molecule has 1 aliphatic heterocycles. The summed E-state index contributed by atoms with van der Waals surface area (Å²) in [5.74, 6) is -0.245. The largest absolute Gasteiger partial charge is 0.379 e. The molecule has 3 aromatic carbocycles. The monoisotopic (exact) mass is 424 g/mol. The van der Waals surface area contributed by atoms with E-state index in [9.17, 15) is 13.2 Å². The van der Waals surface area contributed by atoms with Crippen LogP contribution in [0.15, 0.2) is 71.6 Å². The fourth-order valence-electron chi connectivity index (χ4n) is 3.70. The molecule has 0 saturated carbocycles. The van der Waals surface area contributed by atoms with Gasteiger partial charge < -0.3 is 10.1 Å². The van der Waals surface area contributed by atoms with Crippen LogP contribution >= 0.6 is 0 Å². The Morgan fingerprint density at radius 1 is 0.967 bits per heavy atom. The molecule has 1 N–H and O–H groups in total. The van der Waals surface area contributed by atoms with Crippen molar-refractivity contribution >= 4 is 26.7 Å². The molecule has 1 saturated heterocycles. The van der Waals surface area contributed by atoms with Gasteiger partial charge in [-0.15, -0.1) is 0 Å². The van der Waals surface area contributed by atoms with Gasteiger partial charge in [0.15, 0.2) is 0 Å². The van der Waals surface area contributed by atoms with E-state index in [-0.39, 0.29) is 16.8 Å². The lowest BCUT2D eigenvalue weighted by Gasteiger charge is -2.26. The number of carbonyl (C=O) groups excluding carboxylic acids is 1. The molecule has 0 bridgehead atoms. The van der Waals surface area contributed by atoms with Crippen molar-refractivity contribution in [2.45, 2.75) is 17.9 Å². The molecule has 0 spiro atoms. The highest BCUT2D eigenvalue weighted by Gasteiger charge is 2.26. The lowest BCUT2D eigenvalue weighted by molar-refractivity contribution is 0.0730. The van der Waals surface area contributed by atoms with Crippen LogP contribution < -0.4 is 5.32 Å². The van der Waals surface area contributed by atoms with E-state index in [0.29, 0.717) is 31.9 Å². The molecule has 1 amide bonds. The first-order valence-electron chi connectivity index (χ1n) is 9.93. The maximum absolute atomic E-state index is 12.7. The first kappa shape index (κ1) is 20.5. The van der Waals surface area contributed by atoms with E-state index < -0.39 is 10.0 Å². The number of fused-ring (bicyclic) bond motifs is 1. The predicted octanol–water partition coefficient (Wildman–Crippen LogP) is 3.35. The zero-order chi connectivity index (χ0) is 21.1. The summed E-state index contributed by atoms with van der Waals surface area (Å²) in [6.45, 7) is 3.41. The van der Waals surface area contributed by atoms with Gasteiger partial charge in [0.25, 0.3) is 5.91 Å². The first-order valence-corrected chi connectivity index (χ1v) is 11.4. The number of hydrogen-bond donors (Lipinski definition) is 1. The third-order valence-corrected chi connectivity index (χ3v) is 7.27.